The first-order valence-corrected chi connectivity index (χ1v) is 15.2. The number of likely N-dealkylation sites (N-methyl/N-ethyl adjacent to an activating group) is 1. The van der Waals surface area contributed by atoms with Gasteiger partial charge in [-0.2, -0.15) is 0 Å². The van der Waals surface area contributed by atoms with Crippen LogP contribution in [0.5, 0.6) is 0 Å². The molecule has 0 heterocycles. The number of allylic oxidation sites excluding steroid dienone is 2. The van der Waals surface area contributed by atoms with Crippen molar-refractivity contribution < 1.29 is 27.8 Å². The molecule has 0 radical (unpaired) electrons. The Bertz CT molecular complexity index is 610. The van der Waals surface area contributed by atoms with Crippen LogP contribution < -0.4 is 5.32 Å². The van der Waals surface area contributed by atoms with E-state index in [2.05, 4.69) is 31.0 Å². The zero-order valence-electron chi connectivity index (χ0n) is 22.8. The van der Waals surface area contributed by atoms with Crippen molar-refractivity contribution in [2.24, 2.45) is 0 Å². The molecule has 1 atom stereocenters. The minimum Gasteiger partial charge on any atom is -0.347 e. The maximum atomic E-state index is 12.0. The average molecular weight is 518 g/mol. The summed E-state index contributed by atoms with van der Waals surface area (Å²) in [6, 6.07) is 0. The number of carbonyl (C=O) groups is 1. The summed E-state index contributed by atoms with van der Waals surface area (Å²) in [5, 5.41) is 2.72. The first kappa shape index (κ1) is 34.0. The van der Waals surface area contributed by atoms with Gasteiger partial charge in [0.1, 0.15) is 13.2 Å². The van der Waals surface area contributed by atoms with E-state index in [4.69, 9.17) is 9.05 Å². The van der Waals surface area contributed by atoms with Gasteiger partial charge < -0.3 is 14.7 Å². The molecular formula is C27H54N2O5P+. The minimum absolute atomic E-state index is 0.115. The van der Waals surface area contributed by atoms with Crippen LogP contribution in [-0.2, 0) is 18.4 Å². The zero-order valence-corrected chi connectivity index (χ0v) is 23.7. The summed E-state index contributed by atoms with van der Waals surface area (Å²) in [6.45, 7) is 7.73. The van der Waals surface area contributed by atoms with Crippen molar-refractivity contribution in [1.82, 2.24) is 5.32 Å². The van der Waals surface area contributed by atoms with Gasteiger partial charge >= 0.3 is 7.82 Å². The van der Waals surface area contributed by atoms with E-state index in [0.717, 1.165) is 19.3 Å². The highest BCUT2D eigenvalue weighted by Gasteiger charge is 2.23. The number of hydrogen-bond acceptors (Lipinski definition) is 4. The molecule has 0 aliphatic carbocycles. The molecule has 0 saturated carbocycles. The lowest BCUT2D eigenvalue weighted by atomic mass is 10.1. The van der Waals surface area contributed by atoms with Crippen LogP contribution in [0.4, 0.5) is 0 Å². The average Bonchev–Trinajstić information content (AvgIpc) is 2.80. The summed E-state index contributed by atoms with van der Waals surface area (Å²) >= 11 is 0. The van der Waals surface area contributed by atoms with Gasteiger partial charge in [0.15, 0.2) is 0 Å². The number of unbranched alkanes of at least 4 members (excludes halogenated alkanes) is 12. The van der Waals surface area contributed by atoms with Gasteiger partial charge in [0.25, 0.3) is 0 Å². The Morgan fingerprint density at radius 2 is 1.37 bits per heavy atom. The summed E-state index contributed by atoms with van der Waals surface area (Å²) in [6.07, 6.45) is 23.0. The van der Waals surface area contributed by atoms with Crippen LogP contribution >= 0.6 is 7.82 Å². The van der Waals surface area contributed by atoms with Crippen LogP contribution in [0.25, 0.3) is 0 Å². The third-order valence-corrected chi connectivity index (χ3v) is 7.08. The van der Waals surface area contributed by atoms with Gasteiger partial charge in [0.2, 0.25) is 5.91 Å². The standard InChI is InChI=1S/C27H53N2O5P/c1-5-7-8-9-10-11-12-13-14-15-16-17-18-19-20-21-25-33-35(31,32)34-26-24-29(3,4)23-22-28-27(30)6-2/h6,13-14H,2,5,7-12,15-26H2,1,3-4H3,(H-,28,30,31,32)/p+1/b14-13+. The highest BCUT2D eigenvalue weighted by molar-refractivity contribution is 7.47. The number of quaternary nitrogens is 1. The Labute approximate surface area is 215 Å². The van der Waals surface area contributed by atoms with E-state index in [0.29, 0.717) is 24.1 Å². The predicted molar refractivity (Wildman–Crippen MR) is 146 cm³/mol. The number of carbonyl (C=O) groups excluding carboxylic acids is 1. The molecule has 1 amide bonds. The molecule has 35 heavy (non-hydrogen) atoms. The van der Waals surface area contributed by atoms with Crippen LogP contribution in [0.2, 0.25) is 0 Å². The molecule has 0 spiro atoms. The van der Waals surface area contributed by atoms with Crippen molar-refractivity contribution in [3.05, 3.63) is 24.8 Å². The molecule has 0 fully saturated rings. The molecule has 1 unspecified atom stereocenters. The molecule has 0 aromatic heterocycles. The van der Waals surface area contributed by atoms with Crippen LogP contribution in [-0.4, -0.2) is 62.2 Å². The highest BCUT2D eigenvalue weighted by atomic mass is 31.2. The van der Waals surface area contributed by atoms with Crippen molar-refractivity contribution >= 4 is 13.7 Å². The van der Waals surface area contributed by atoms with E-state index in [1.165, 1.54) is 76.7 Å². The fraction of sp³-hybridized carbons (Fsp3) is 0.815. The number of hydrogen-bond donors (Lipinski definition) is 2. The summed E-state index contributed by atoms with van der Waals surface area (Å²) in [7, 11) is -0.0723. The number of amides is 1. The molecule has 0 rings (SSSR count). The lowest BCUT2D eigenvalue weighted by Crippen LogP contribution is -2.47. The van der Waals surface area contributed by atoms with E-state index in [9.17, 15) is 14.3 Å². The fourth-order valence-electron chi connectivity index (χ4n) is 3.64. The van der Waals surface area contributed by atoms with E-state index in [1.54, 1.807) is 0 Å². The highest BCUT2D eigenvalue weighted by Crippen LogP contribution is 2.43. The van der Waals surface area contributed by atoms with Gasteiger partial charge in [0.05, 0.1) is 33.8 Å². The quantitative estimate of drug-likeness (QED) is 0.0472. The second-order valence-electron chi connectivity index (χ2n) is 9.95. The molecule has 0 aromatic rings. The molecule has 0 aliphatic rings. The van der Waals surface area contributed by atoms with E-state index < -0.39 is 7.82 Å². The largest absolute Gasteiger partial charge is 0.472 e. The Morgan fingerprint density at radius 1 is 0.857 bits per heavy atom. The number of phosphoric ester groups is 1. The molecule has 206 valence electrons. The third-order valence-electron chi connectivity index (χ3n) is 6.06. The monoisotopic (exact) mass is 517 g/mol. The molecule has 0 bridgehead atoms. The molecular weight excluding hydrogens is 463 g/mol. The van der Waals surface area contributed by atoms with Crippen molar-refractivity contribution in [2.75, 3.05) is 46.9 Å². The molecule has 8 heteroatoms. The van der Waals surface area contributed by atoms with Gasteiger partial charge in [-0.25, -0.2) is 4.57 Å². The zero-order chi connectivity index (χ0) is 26.3. The van der Waals surface area contributed by atoms with Gasteiger partial charge in [-0.3, -0.25) is 13.8 Å². The predicted octanol–water partition coefficient (Wildman–Crippen LogP) is 6.54. The lowest BCUT2D eigenvalue weighted by Gasteiger charge is -2.29. The number of nitrogens with one attached hydrogen (secondary N) is 1. The normalized spacial score (nSPS) is 13.7. The van der Waals surface area contributed by atoms with Gasteiger partial charge in [-0.15, -0.1) is 0 Å². The summed E-state index contributed by atoms with van der Waals surface area (Å²) < 4.78 is 22.8. The van der Waals surface area contributed by atoms with Crippen LogP contribution in [0, 0.1) is 0 Å². The number of nitrogens with zero attached hydrogens (tertiary/aromatic N) is 1. The Morgan fingerprint density at radius 3 is 1.94 bits per heavy atom. The lowest BCUT2D eigenvalue weighted by molar-refractivity contribution is -0.889. The molecule has 0 aromatic carbocycles. The maximum Gasteiger partial charge on any atom is 0.472 e. The smallest absolute Gasteiger partial charge is 0.347 e. The van der Waals surface area contributed by atoms with Crippen molar-refractivity contribution in [3.63, 3.8) is 0 Å². The maximum absolute atomic E-state index is 12.0. The molecule has 2 N–H and O–H groups in total. The molecule has 0 aliphatic heterocycles. The fourth-order valence-corrected chi connectivity index (χ4v) is 4.38. The van der Waals surface area contributed by atoms with E-state index in [-0.39, 0.29) is 19.1 Å². The summed E-state index contributed by atoms with van der Waals surface area (Å²) in [5.41, 5.74) is 0. The Balaban J connectivity index is 3.58. The summed E-state index contributed by atoms with van der Waals surface area (Å²) in [5.74, 6) is -0.208. The number of rotatable bonds is 25. The van der Waals surface area contributed by atoms with E-state index in [1.807, 2.05) is 14.1 Å². The van der Waals surface area contributed by atoms with Crippen LogP contribution in [0.3, 0.4) is 0 Å². The first-order valence-electron chi connectivity index (χ1n) is 13.7. The van der Waals surface area contributed by atoms with Crippen molar-refractivity contribution in [1.29, 1.82) is 0 Å². The Kier molecular flexibility index (Phi) is 21.6. The van der Waals surface area contributed by atoms with Gasteiger partial charge in [-0.1, -0.05) is 83.4 Å². The van der Waals surface area contributed by atoms with Gasteiger partial charge in [-0.05, 0) is 38.2 Å². The summed E-state index contributed by atoms with van der Waals surface area (Å²) in [4.78, 5) is 21.0. The van der Waals surface area contributed by atoms with E-state index >= 15 is 0 Å². The second kappa shape index (κ2) is 22.2. The molecule has 7 nitrogen and oxygen atoms in total. The van der Waals surface area contributed by atoms with Crippen molar-refractivity contribution in [2.45, 2.75) is 96.8 Å². The minimum atomic E-state index is -4.02. The number of phosphoric acid groups is 1. The van der Waals surface area contributed by atoms with Crippen LogP contribution in [0.1, 0.15) is 96.8 Å². The van der Waals surface area contributed by atoms with Crippen LogP contribution in [0.15, 0.2) is 24.8 Å². The van der Waals surface area contributed by atoms with Crippen molar-refractivity contribution in [3.8, 4) is 0 Å². The topological polar surface area (TPSA) is 84.9 Å². The Hall–Kier alpha value is -0.980. The van der Waals surface area contributed by atoms with Gasteiger partial charge in [0, 0.05) is 0 Å². The first-order chi connectivity index (χ1) is 16.7. The molecule has 0 saturated heterocycles. The third kappa shape index (κ3) is 24.5. The second-order valence-corrected chi connectivity index (χ2v) is 11.4. The SMILES string of the molecule is C=CC(=O)NCC[N+](C)(C)CCOP(=O)(O)OCCCCCCCC/C=C/CCCCCCCC.